The number of nitrogens with zero attached hydrogens (tertiary/aromatic N) is 3. The van der Waals surface area contributed by atoms with Gasteiger partial charge in [-0.1, -0.05) is 13.0 Å². The van der Waals surface area contributed by atoms with E-state index >= 15 is 0 Å². The molecule has 3 rings (SSSR count). The van der Waals surface area contributed by atoms with Gasteiger partial charge in [-0.2, -0.15) is 5.10 Å². The molecule has 0 unspecified atom stereocenters. The van der Waals surface area contributed by atoms with Crippen molar-refractivity contribution in [2.45, 2.75) is 39.9 Å². The van der Waals surface area contributed by atoms with Crippen LogP contribution in [0.25, 0.3) is 0 Å². The van der Waals surface area contributed by atoms with E-state index in [1.54, 1.807) is 6.07 Å². The average Bonchev–Trinajstić information content (AvgIpc) is 3.02. The lowest BCUT2D eigenvalue weighted by Crippen LogP contribution is -2.24. The Morgan fingerprint density at radius 3 is 2.81 bits per heavy atom. The Balaban J connectivity index is 1.84. The molecule has 0 saturated heterocycles. The van der Waals surface area contributed by atoms with Crippen molar-refractivity contribution >= 4 is 11.6 Å². The quantitative estimate of drug-likeness (QED) is 0.875. The Morgan fingerprint density at radius 2 is 2.10 bits per heavy atom. The van der Waals surface area contributed by atoms with Gasteiger partial charge in [-0.3, -0.25) is 9.48 Å². The highest BCUT2D eigenvalue weighted by Crippen LogP contribution is 2.26. The Kier molecular flexibility index (Phi) is 3.41. The number of nitrogen functional groups attached to an aromatic ring is 1. The van der Waals surface area contributed by atoms with Crippen LogP contribution in [-0.2, 0) is 26.1 Å². The van der Waals surface area contributed by atoms with Crippen LogP contribution in [0.5, 0.6) is 0 Å². The van der Waals surface area contributed by atoms with Crippen LogP contribution in [-0.4, -0.2) is 20.6 Å². The van der Waals surface area contributed by atoms with E-state index in [0.29, 0.717) is 18.8 Å². The Morgan fingerprint density at radius 1 is 1.29 bits per heavy atom. The molecule has 5 nitrogen and oxygen atoms in total. The molecule has 1 amide bonds. The van der Waals surface area contributed by atoms with Gasteiger partial charge in [-0.15, -0.1) is 0 Å². The summed E-state index contributed by atoms with van der Waals surface area (Å²) in [4.78, 5) is 14.3. The Hall–Kier alpha value is -2.30. The zero-order valence-corrected chi connectivity index (χ0v) is 12.5. The van der Waals surface area contributed by atoms with Crippen LogP contribution in [0.3, 0.4) is 0 Å². The maximum Gasteiger partial charge on any atom is 0.254 e. The monoisotopic (exact) mass is 284 g/mol. The fraction of sp³-hybridized carbons (Fsp3) is 0.375. The third-order valence-electron chi connectivity index (χ3n) is 3.94. The smallest absolute Gasteiger partial charge is 0.254 e. The van der Waals surface area contributed by atoms with Gasteiger partial charge in [0.2, 0.25) is 0 Å². The topological polar surface area (TPSA) is 64.2 Å². The molecule has 5 heteroatoms. The number of rotatable bonds is 4. The minimum atomic E-state index is 0.0548. The van der Waals surface area contributed by atoms with Crippen LogP contribution in [0.2, 0.25) is 0 Å². The zero-order valence-electron chi connectivity index (χ0n) is 12.5. The van der Waals surface area contributed by atoms with Crippen molar-refractivity contribution in [3.05, 3.63) is 46.8 Å². The highest BCUT2D eigenvalue weighted by Gasteiger charge is 2.28. The van der Waals surface area contributed by atoms with Crippen molar-refractivity contribution in [3.63, 3.8) is 0 Å². The number of aryl methyl sites for hydroxylation is 2. The van der Waals surface area contributed by atoms with E-state index < -0.39 is 0 Å². The number of hydrogen-bond donors (Lipinski definition) is 1. The SMILES string of the molecule is CCc1cc(CN2Cc3ccc(N)cc3C2=O)n(CC)n1. The van der Waals surface area contributed by atoms with Crippen LogP contribution in [0.15, 0.2) is 24.3 Å². The van der Waals surface area contributed by atoms with Gasteiger partial charge >= 0.3 is 0 Å². The first-order valence-electron chi connectivity index (χ1n) is 7.35. The lowest BCUT2D eigenvalue weighted by molar-refractivity contribution is 0.0762. The molecule has 110 valence electrons. The number of carbonyl (C=O) groups is 1. The van der Waals surface area contributed by atoms with Crippen LogP contribution in [0.4, 0.5) is 5.69 Å². The zero-order chi connectivity index (χ0) is 15.0. The predicted octanol–water partition coefficient (Wildman–Crippen LogP) is 2.20. The van der Waals surface area contributed by atoms with Crippen molar-refractivity contribution < 1.29 is 4.79 Å². The number of amides is 1. The molecular formula is C16H20N4O. The average molecular weight is 284 g/mol. The second-order valence-corrected chi connectivity index (χ2v) is 5.37. The third-order valence-corrected chi connectivity index (χ3v) is 3.94. The number of aromatic nitrogens is 2. The molecule has 1 aromatic carbocycles. The normalized spacial score (nSPS) is 13.8. The first-order valence-corrected chi connectivity index (χ1v) is 7.35. The van der Waals surface area contributed by atoms with Gasteiger partial charge in [0, 0.05) is 24.3 Å². The van der Waals surface area contributed by atoms with E-state index in [9.17, 15) is 4.79 Å². The molecule has 2 N–H and O–H groups in total. The number of benzene rings is 1. The van der Waals surface area contributed by atoms with Crippen molar-refractivity contribution in [1.82, 2.24) is 14.7 Å². The molecule has 0 atom stereocenters. The van der Waals surface area contributed by atoms with E-state index in [4.69, 9.17) is 5.73 Å². The minimum absolute atomic E-state index is 0.0548. The highest BCUT2D eigenvalue weighted by molar-refractivity contribution is 5.99. The van der Waals surface area contributed by atoms with Crippen LogP contribution < -0.4 is 5.73 Å². The van der Waals surface area contributed by atoms with E-state index in [1.165, 1.54) is 0 Å². The lowest BCUT2D eigenvalue weighted by atomic mass is 10.1. The number of anilines is 1. The van der Waals surface area contributed by atoms with Gasteiger partial charge in [-0.05, 0) is 37.1 Å². The highest BCUT2D eigenvalue weighted by atomic mass is 16.2. The second kappa shape index (κ2) is 5.24. The van der Waals surface area contributed by atoms with Crippen LogP contribution in [0.1, 0.15) is 41.2 Å². The molecule has 1 aromatic heterocycles. The predicted molar refractivity (Wildman–Crippen MR) is 81.7 cm³/mol. The molecule has 0 spiro atoms. The standard InChI is InChI=1S/C16H20N4O/c1-3-13-8-14(20(4-2)18-13)10-19-9-11-5-6-12(17)7-15(11)16(19)21/h5-8H,3-4,9-10,17H2,1-2H3. The Labute approximate surface area is 124 Å². The van der Waals surface area contributed by atoms with Crippen LogP contribution in [0, 0.1) is 0 Å². The molecule has 0 aliphatic carbocycles. The summed E-state index contributed by atoms with van der Waals surface area (Å²) in [5, 5.41) is 4.54. The van der Waals surface area contributed by atoms with Crippen molar-refractivity contribution in [3.8, 4) is 0 Å². The van der Waals surface area contributed by atoms with Gasteiger partial charge in [0.05, 0.1) is 17.9 Å². The summed E-state index contributed by atoms with van der Waals surface area (Å²) in [5.41, 5.74) is 10.3. The number of carbonyl (C=O) groups excluding carboxylic acids is 1. The van der Waals surface area contributed by atoms with Crippen molar-refractivity contribution in [1.29, 1.82) is 0 Å². The minimum Gasteiger partial charge on any atom is -0.399 e. The van der Waals surface area contributed by atoms with E-state index in [0.717, 1.165) is 35.5 Å². The molecule has 0 fully saturated rings. The largest absolute Gasteiger partial charge is 0.399 e. The summed E-state index contributed by atoms with van der Waals surface area (Å²) in [6.07, 6.45) is 0.907. The van der Waals surface area contributed by atoms with E-state index in [1.807, 2.05) is 21.7 Å². The maximum atomic E-state index is 12.5. The molecule has 21 heavy (non-hydrogen) atoms. The third kappa shape index (κ3) is 2.39. The molecule has 1 aliphatic rings. The van der Waals surface area contributed by atoms with Crippen LogP contribution >= 0.6 is 0 Å². The summed E-state index contributed by atoms with van der Waals surface area (Å²) < 4.78 is 1.98. The van der Waals surface area contributed by atoms with Crippen molar-refractivity contribution in [2.75, 3.05) is 5.73 Å². The molecule has 2 aromatic rings. The van der Waals surface area contributed by atoms with Gasteiger partial charge in [0.1, 0.15) is 0 Å². The molecule has 0 bridgehead atoms. The van der Waals surface area contributed by atoms with E-state index in [2.05, 4.69) is 25.0 Å². The first kappa shape index (κ1) is 13.7. The van der Waals surface area contributed by atoms with Gasteiger partial charge in [0.15, 0.2) is 0 Å². The summed E-state index contributed by atoms with van der Waals surface area (Å²) in [6, 6.07) is 7.65. The summed E-state index contributed by atoms with van der Waals surface area (Å²) in [7, 11) is 0. The first-order chi connectivity index (χ1) is 10.1. The summed E-state index contributed by atoms with van der Waals surface area (Å²) in [6.45, 7) is 6.21. The summed E-state index contributed by atoms with van der Waals surface area (Å²) >= 11 is 0. The van der Waals surface area contributed by atoms with Gasteiger partial charge in [-0.25, -0.2) is 0 Å². The fourth-order valence-electron chi connectivity index (χ4n) is 2.79. The van der Waals surface area contributed by atoms with Gasteiger partial charge in [0.25, 0.3) is 5.91 Å². The maximum absolute atomic E-state index is 12.5. The second-order valence-electron chi connectivity index (χ2n) is 5.37. The van der Waals surface area contributed by atoms with Crippen molar-refractivity contribution in [2.24, 2.45) is 0 Å². The number of fused-ring (bicyclic) bond motifs is 1. The Bertz CT molecular complexity index is 690. The summed E-state index contributed by atoms with van der Waals surface area (Å²) in [5.74, 6) is 0.0548. The fourth-order valence-corrected chi connectivity index (χ4v) is 2.79. The van der Waals surface area contributed by atoms with E-state index in [-0.39, 0.29) is 5.91 Å². The lowest BCUT2D eigenvalue weighted by Gasteiger charge is -2.16. The molecular weight excluding hydrogens is 264 g/mol. The van der Waals surface area contributed by atoms with Gasteiger partial charge < -0.3 is 10.6 Å². The number of hydrogen-bond acceptors (Lipinski definition) is 3. The molecule has 0 saturated carbocycles. The molecule has 1 aliphatic heterocycles. The molecule has 2 heterocycles. The molecule has 0 radical (unpaired) electrons. The number of nitrogens with two attached hydrogens (primary N) is 1.